The Balaban J connectivity index is 3.38. The molecule has 0 amide bonds. The average Bonchev–Trinajstić information content (AvgIpc) is 2.91. The van der Waals surface area contributed by atoms with E-state index in [1.807, 2.05) is 0 Å². The van der Waals surface area contributed by atoms with Crippen molar-refractivity contribution in [3.63, 3.8) is 0 Å². The minimum Gasteiger partial charge on any atom is -0.481 e. The Morgan fingerprint density at radius 3 is 0.737 bits per heavy atom. The SMILES string of the molecule is CCCCCCCCCCCCCCCCCCC(CCCCCCCCCCCCCCCC)C(=O)O. The number of aliphatic carboxylic acids is 1. The minimum atomic E-state index is -0.555. The van der Waals surface area contributed by atoms with E-state index >= 15 is 0 Å². The van der Waals surface area contributed by atoms with Gasteiger partial charge in [-0.2, -0.15) is 0 Å². The van der Waals surface area contributed by atoms with E-state index in [0.717, 1.165) is 25.7 Å². The zero-order valence-corrected chi connectivity index (χ0v) is 26.6. The van der Waals surface area contributed by atoms with Gasteiger partial charge in [0.2, 0.25) is 0 Å². The lowest BCUT2D eigenvalue weighted by molar-refractivity contribution is -0.142. The van der Waals surface area contributed by atoms with Gasteiger partial charge in [-0.05, 0) is 12.8 Å². The van der Waals surface area contributed by atoms with Crippen LogP contribution in [0.25, 0.3) is 0 Å². The highest BCUT2D eigenvalue weighted by Gasteiger charge is 2.16. The molecule has 38 heavy (non-hydrogen) atoms. The minimum absolute atomic E-state index is 0.0982. The molecule has 0 rings (SSSR count). The molecule has 228 valence electrons. The molecule has 0 aliphatic carbocycles. The molecule has 0 aromatic rings. The normalized spacial score (nSPS) is 12.3. The molecule has 0 bridgehead atoms. The van der Waals surface area contributed by atoms with Gasteiger partial charge in [-0.15, -0.1) is 0 Å². The van der Waals surface area contributed by atoms with E-state index in [-0.39, 0.29) is 5.92 Å². The van der Waals surface area contributed by atoms with E-state index < -0.39 is 5.97 Å². The van der Waals surface area contributed by atoms with Crippen molar-refractivity contribution in [2.24, 2.45) is 5.92 Å². The van der Waals surface area contributed by atoms with Crippen molar-refractivity contribution < 1.29 is 9.90 Å². The molecule has 0 saturated carbocycles. The highest BCUT2D eigenvalue weighted by Crippen LogP contribution is 2.20. The van der Waals surface area contributed by atoms with Crippen molar-refractivity contribution in [2.75, 3.05) is 0 Å². The highest BCUT2D eigenvalue weighted by molar-refractivity contribution is 5.69. The highest BCUT2D eigenvalue weighted by atomic mass is 16.4. The Bertz CT molecular complexity index is 447. The molecule has 0 aromatic carbocycles. The number of unbranched alkanes of at least 4 members (excludes halogenated alkanes) is 28. The van der Waals surface area contributed by atoms with Crippen LogP contribution in [-0.2, 0) is 4.79 Å². The van der Waals surface area contributed by atoms with Gasteiger partial charge in [0.25, 0.3) is 0 Å². The van der Waals surface area contributed by atoms with Gasteiger partial charge in [-0.3, -0.25) is 4.79 Å². The fourth-order valence-electron chi connectivity index (χ4n) is 5.92. The van der Waals surface area contributed by atoms with Gasteiger partial charge in [-0.25, -0.2) is 0 Å². The lowest BCUT2D eigenvalue weighted by atomic mass is 9.94. The predicted molar refractivity (Wildman–Crippen MR) is 170 cm³/mol. The first-order valence-electron chi connectivity index (χ1n) is 17.9. The van der Waals surface area contributed by atoms with Crippen LogP contribution < -0.4 is 0 Å². The topological polar surface area (TPSA) is 37.3 Å². The molecule has 2 heteroatoms. The van der Waals surface area contributed by atoms with Gasteiger partial charge in [0.1, 0.15) is 0 Å². The van der Waals surface area contributed by atoms with Crippen LogP contribution >= 0.6 is 0 Å². The van der Waals surface area contributed by atoms with Crippen LogP contribution in [0.3, 0.4) is 0 Å². The van der Waals surface area contributed by atoms with Crippen molar-refractivity contribution in [1.82, 2.24) is 0 Å². The molecule has 1 N–H and O–H groups in total. The molecule has 0 heterocycles. The van der Waals surface area contributed by atoms with E-state index in [4.69, 9.17) is 0 Å². The van der Waals surface area contributed by atoms with Gasteiger partial charge in [0, 0.05) is 0 Å². The summed E-state index contributed by atoms with van der Waals surface area (Å²) in [5.74, 6) is -0.653. The summed E-state index contributed by atoms with van der Waals surface area (Å²) in [7, 11) is 0. The Kier molecular flexibility index (Phi) is 32.2. The second-order valence-corrected chi connectivity index (χ2v) is 12.5. The summed E-state index contributed by atoms with van der Waals surface area (Å²) in [5, 5.41) is 9.60. The summed E-state index contributed by atoms with van der Waals surface area (Å²) < 4.78 is 0. The van der Waals surface area contributed by atoms with E-state index in [1.165, 1.54) is 180 Å². The maximum absolute atomic E-state index is 11.7. The largest absolute Gasteiger partial charge is 0.481 e. The van der Waals surface area contributed by atoms with E-state index in [1.54, 1.807) is 0 Å². The van der Waals surface area contributed by atoms with Crippen LogP contribution in [0, 0.1) is 5.92 Å². The van der Waals surface area contributed by atoms with Crippen molar-refractivity contribution in [1.29, 1.82) is 0 Å². The molecule has 2 nitrogen and oxygen atoms in total. The average molecular weight is 537 g/mol. The quantitative estimate of drug-likeness (QED) is 0.0847. The molecule has 1 unspecified atom stereocenters. The second kappa shape index (κ2) is 32.7. The van der Waals surface area contributed by atoms with Crippen LogP contribution in [-0.4, -0.2) is 11.1 Å². The molecular weight excluding hydrogens is 464 g/mol. The lowest BCUT2D eigenvalue weighted by Crippen LogP contribution is -2.13. The lowest BCUT2D eigenvalue weighted by Gasteiger charge is -2.12. The number of carboxylic acids is 1. The van der Waals surface area contributed by atoms with Gasteiger partial charge in [0.15, 0.2) is 0 Å². The molecule has 0 saturated heterocycles. The fraction of sp³-hybridized carbons (Fsp3) is 0.972. The molecular formula is C36H72O2. The zero-order chi connectivity index (χ0) is 27.8. The van der Waals surface area contributed by atoms with E-state index in [2.05, 4.69) is 13.8 Å². The predicted octanol–water partition coefficient (Wildman–Crippen LogP) is 13.2. The van der Waals surface area contributed by atoms with Crippen LogP contribution in [0.5, 0.6) is 0 Å². The number of carboxylic acid groups (broad SMARTS) is 1. The van der Waals surface area contributed by atoms with Crippen LogP contribution in [0.4, 0.5) is 0 Å². The standard InChI is InChI=1S/C36H72O2/c1-3-5-7-9-11-13-15-17-19-20-22-24-26-28-30-32-34-35(36(37)38)33-31-29-27-25-23-21-18-16-14-12-10-8-6-4-2/h35H,3-34H2,1-2H3,(H,37,38). The summed E-state index contributed by atoms with van der Waals surface area (Å²) in [6.45, 7) is 4.57. The number of hydrogen-bond acceptors (Lipinski definition) is 1. The van der Waals surface area contributed by atoms with E-state index in [0.29, 0.717) is 0 Å². The summed E-state index contributed by atoms with van der Waals surface area (Å²) in [5.41, 5.74) is 0. The molecule has 0 aliphatic rings. The summed E-state index contributed by atoms with van der Waals surface area (Å²) in [4.78, 5) is 11.7. The van der Waals surface area contributed by atoms with Crippen molar-refractivity contribution in [3.8, 4) is 0 Å². The molecule has 0 aromatic heterocycles. The molecule has 0 fully saturated rings. The number of rotatable bonds is 33. The monoisotopic (exact) mass is 537 g/mol. The van der Waals surface area contributed by atoms with Crippen LogP contribution in [0.15, 0.2) is 0 Å². The second-order valence-electron chi connectivity index (χ2n) is 12.5. The molecule has 0 spiro atoms. The Labute approximate surface area is 240 Å². The third-order valence-electron chi connectivity index (χ3n) is 8.66. The Morgan fingerprint density at radius 2 is 0.553 bits per heavy atom. The van der Waals surface area contributed by atoms with Crippen molar-refractivity contribution in [3.05, 3.63) is 0 Å². The van der Waals surface area contributed by atoms with Crippen molar-refractivity contribution >= 4 is 5.97 Å². The maximum atomic E-state index is 11.7. The van der Waals surface area contributed by atoms with Gasteiger partial charge in [0.05, 0.1) is 5.92 Å². The Morgan fingerprint density at radius 1 is 0.368 bits per heavy atom. The molecule has 1 atom stereocenters. The first-order valence-corrected chi connectivity index (χ1v) is 17.9. The smallest absolute Gasteiger partial charge is 0.306 e. The van der Waals surface area contributed by atoms with Gasteiger partial charge < -0.3 is 5.11 Å². The first-order chi connectivity index (χ1) is 18.7. The zero-order valence-electron chi connectivity index (χ0n) is 26.6. The number of hydrogen-bond donors (Lipinski definition) is 1. The van der Waals surface area contributed by atoms with Crippen LogP contribution in [0.2, 0.25) is 0 Å². The summed E-state index contributed by atoms with van der Waals surface area (Å²) in [6, 6.07) is 0. The third-order valence-corrected chi connectivity index (χ3v) is 8.66. The van der Waals surface area contributed by atoms with Crippen molar-refractivity contribution in [2.45, 2.75) is 219 Å². The molecule has 0 aliphatic heterocycles. The summed E-state index contributed by atoms with van der Waals surface area (Å²) in [6.07, 6.45) is 42.8. The first kappa shape index (κ1) is 37.5. The molecule has 0 radical (unpaired) electrons. The maximum Gasteiger partial charge on any atom is 0.306 e. The van der Waals surface area contributed by atoms with E-state index in [9.17, 15) is 9.90 Å². The summed E-state index contributed by atoms with van der Waals surface area (Å²) >= 11 is 0. The van der Waals surface area contributed by atoms with Crippen LogP contribution in [0.1, 0.15) is 219 Å². The number of carbonyl (C=O) groups is 1. The fourth-order valence-corrected chi connectivity index (χ4v) is 5.92. The third kappa shape index (κ3) is 30.0. The van der Waals surface area contributed by atoms with Gasteiger partial charge in [-0.1, -0.05) is 206 Å². The van der Waals surface area contributed by atoms with Gasteiger partial charge >= 0.3 is 5.97 Å². The Hall–Kier alpha value is -0.530.